The molecule has 6 rings (SSSR count). The summed E-state index contributed by atoms with van der Waals surface area (Å²) in [6.45, 7) is 3.69. The van der Waals surface area contributed by atoms with E-state index in [2.05, 4.69) is 37.1 Å². The second-order valence-electron chi connectivity index (χ2n) is 10.3. The van der Waals surface area contributed by atoms with E-state index in [1.54, 1.807) is 35.3 Å². The Hall–Kier alpha value is -4.47. The van der Waals surface area contributed by atoms with Crippen LogP contribution in [0.2, 0.25) is 0 Å². The van der Waals surface area contributed by atoms with Gasteiger partial charge in [-0.15, -0.1) is 0 Å². The van der Waals surface area contributed by atoms with Gasteiger partial charge in [-0.2, -0.15) is 5.10 Å². The molecular weight excluding hydrogens is 500 g/mol. The molecule has 39 heavy (non-hydrogen) atoms. The molecule has 2 aliphatic rings. The molecule has 198 valence electrons. The average molecular weight is 528 g/mol. The third-order valence-electron chi connectivity index (χ3n) is 7.65. The Morgan fingerprint density at radius 1 is 1.15 bits per heavy atom. The van der Waals surface area contributed by atoms with Crippen molar-refractivity contribution in [1.82, 2.24) is 25.1 Å². The van der Waals surface area contributed by atoms with Crippen molar-refractivity contribution in [3.8, 4) is 16.8 Å². The Bertz CT molecular complexity index is 1590. The number of benzene rings is 2. The molecule has 2 saturated carbocycles. The van der Waals surface area contributed by atoms with Crippen LogP contribution in [0.5, 0.6) is 0 Å². The number of hydrogen-bond donors (Lipinski definition) is 2. The maximum atomic E-state index is 14.5. The van der Waals surface area contributed by atoms with E-state index in [9.17, 15) is 13.6 Å². The van der Waals surface area contributed by atoms with Crippen LogP contribution in [0.25, 0.3) is 16.8 Å². The van der Waals surface area contributed by atoms with E-state index in [1.165, 1.54) is 44.2 Å². The third kappa shape index (κ3) is 4.89. The first kappa shape index (κ1) is 24.8. The number of halogens is 2. The van der Waals surface area contributed by atoms with Gasteiger partial charge in [0.25, 0.3) is 5.91 Å². The summed E-state index contributed by atoms with van der Waals surface area (Å²) >= 11 is 0. The van der Waals surface area contributed by atoms with Gasteiger partial charge < -0.3 is 10.3 Å². The molecule has 0 unspecified atom stereocenters. The van der Waals surface area contributed by atoms with E-state index in [-0.39, 0.29) is 18.1 Å². The molecule has 1 spiro atoms. The molecule has 0 atom stereocenters. The molecule has 2 N–H and O–H groups in total. The van der Waals surface area contributed by atoms with Gasteiger partial charge in [0, 0.05) is 31.3 Å². The number of imidazole rings is 1. The van der Waals surface area contributed by atoms with Crippen molar-refractivity contribution >= 4 is 24.2 Å². The van der Waals surface area contributed by atoms with E-state index < -0.39 is 11.7 Å². The Balaban J connectivity index is 1.16. The first-order valence-electron chi connectivity index (χ1n) is 12.8. The highest BCUT2D eigenvalue weighted by atomic mass is 19.1. The molecular formula is C29H27F2N7O. The van der Waals surface area contributed by atoms with Gasteiger partial charge in [-0.1, -0.05) is 0 Å². The molecule has 2 heterocycles. The number of aromatic amines is 1. The average Bonchev–Trinajstić information content (AvgIpc) is 3.37. The largest absolute Gasteiger partial charge is 0.347 e. The number of aliphatic imine (C=N–C) groups is 2. The van der Waals surface area contributed by atoms with Crippen LogP contribution in [0.3, 0.4) is 0 Å². The topological polar surface area (TPSA) is 100 Å². The zero-order valence-corrected chi connectivity index (χ0v) is 21.4. The highest BCUT2D eigenvalue weighted by molar-refractivity contribution is 6.45. The summed E-state index contributed by atoms with van der Waals surface area (Å²) in [5.41, 5.74) is 3.64. The normalized spacial score (nSPS) is 16.2. The van der Waals surface area contributed by atoms with E-state index in [4.69, 9.17) is 0 Å². The number of carbonyl (C=O) groups excluding carboxylic acids is 1. The van der Waals surface area contributed by atoms with Crippen molar-refractivity contribution in [3.05, 3.63) is 83.6 Å². The van der Waals surface area contributed by atoms with E-state index in [0.29, 0.717) is 45.2 Å². The maximum absolute atomic E-state index is 14.5. The molecule has 2 aromatic carbocycles. The van der Waals surface area contributed by atoms with Crippen LogP contribution in [-0.2, 0) is 11.3 Å². The lowest BCUT2D eigenvalue weighted by molar-refractivity contribution is -0.114. The van der Waals surface area contributed by atoms with Gasteiger partial charge in [-0.3, -0.25) is 9.79 Å². The van der Waals surface area contributed by atoms with Gasteiger partial charge in [-0.25, -0.2) is 23.4 Å². The predicted octanol–water partition coefficient (Wildman–Crippen LogP) is 5.27. The number of nitrogens with one attached hydrogen (secondary N) is 2. The first-order valence-corrected chi connectivity index (χ1v) is 12.8. The number of rotatable bonds is 8. The van der Waals surface area contributed by atoms with Crippen molar-refractivity contribution in [1.29, 1.82) is 0 Å². The first-order chi connectivity index (χ1) is 18.9. The van der Waals surface area contributed by atoms with E-state index in [1.807, 2.05) is 0 Å². The molecule has 0 saturated heterocycles. The maximum Gasteiger partial charge on any atom is 0.272 e. The fraction of sp³-hybridized carbons (Fsp3) is 0.276. The van der Waals surface area contributed by atoms with Gasteiger partial charge in [0.1, 0.15) is 28.9 Å². The summed E-state index contributed by atoms with van der Waals surface area (Å²) in [7, 11) is 1.53. The third-order valence-corrected chi connectivity index (χ3v) is 7.65. The lowest BCUT2D eigenvalue weighted by Gasteiger charge is -2.34. The van der Waals surface area contributed by atoms with Gasteiger partial charge in [0.2, 0.25) is 0 Å². The van der Waals surface area contributed by atoms with Crippen molar-refractivity contribution in [2.45, 2.75) is 38.1 Å². The zero-order valence-electron chi connectivity index (χ0n) is 21.4. The monoisotopic (exact) mass is 527 g/mol. The van der Waals surface area contributed by atoms with Crippen LogP contribution in [0.4, 0.5) is 14.6 Å². The summed E-state index contributed by atoms with van der Waals surface area (Å²) in [6, 6.07) is 10.5. The molecule has 2 fully saturated rings. The van der Waals surface area contributed by atoms with Crippen molar-refractivity contribution in [2.75, 3.05) is 7.05 Å². The minimum atomic E-state index is -0.444. The Morgan fingerprint density at radius 3 is 2.62 bits per heavy atom. The smallest absolute Gasteiger partial charge is 0.272 e. The molecule has 4 aromatic rings. The van der Waals surface area contributed by atoms with Gasteiger partial charge in [0.05, 0.1) is 11.9 Å². The minimum absolute atomic E-state index is 0.0811. The van der Waals surface area contributed by atoms with Gasteiger partial charge in [0.15, 0.2) is 5.82 Å². The lowest BCUT2D eigenvalue weighted by Crippen LogP contribution is -2.31. The van der Waals surface area contributed by atoms with Crippen LogP contribution in [0.1, 0.15) is 48.7 Å². The molecule has 10 heteroatoms. The van der Waals surface area contributed by atoms with Crippen LogP contribution in [-0.4, -0.2) is 45.1 Å². The second kappa shape index (κ2) is 9.68. The fourth-order valence-corrected chi connectivity index (χ4v) is 5.34. The summed E-state index contributed by atoms with van der Waals surface area (Å²) in [6.07, 6.45) is 8.12. The summed E-state index contributed by atoms with van der Waals surface area (Å²) in [5.74, 6) is 0.286. The molecule has 8 nitrogen and oxygen atoms in total. The number of aromatic nitrogens is 4. The lowest BCUT2D eigenvalue weighted by atomic mass is 9.71. The van der Waals surface area contributed by atoms with Crippen LogP contribution in [0, 0.1) is 17.0 Å². The molecule has 0 radical (unpaired) electrons. The van der Waals surface area contributed by atoms with Crippen molar-refractivity contribution in [3.63, 3.8) is 0 Å². The van der Waals surface area contributed by atoms with Crippen LogP contribution < -0.4 is 5.32 Å². The highest BCUT2D eigenvalue weighted by Crippen LogP contribution is 2.65. The summed E-state index contributed by atoms with van der Waals surface area (Å²) in [4.78, 5) is 29.2. The Labute approximate surface area is 223 Å². The predicted molar refractivity (Wildman–Crippen MR) is 145 cm³/mol. The molecule has 2 aliphatic carbocycles. The summed E-state index contributed by atoms with van der Waals surface area (Å²) < 4.78 is 29.4. The second-order valence-corrected chi connectivity index (χ2v) is 10.3. The van der Waals surface area contributed by atoms with E-state index in [0.717, 1.165) is 18.7 Å². The molecule has 2 aromatic heterocycles. The minimum Gasteiger partial charge on any atom is -0.347 e. The number of carbonyl (C=O) groups is 1. The quantitative estimate of drug-likeness (QED) is 0.306. The van der Waals surface area contributed by atoms with Gasteiger partial charge in [-0.05, 0) is 91.4 Å². The fourth-order valence-electron chi connectivity index (χ4n) is 5.34. The summed E-state index contributed by atoms with van der Waals surface area (Å²) in [5, 5.41) is 7.14. The number of H-pyrrole nitrogens is 1. The van der Waals surface area contributed by atoms with Crippen molar-refractivity contribution < 1.29 is 13.6 Å². The molecule has 1 amide bonds. The SMILES string of the molecule is C=Nc1nc(C2CC3(CC3)C2)[nH]c1C(=NC)C(=O)NCc1cc(F)cc(-c2cnn(-c3ccc(F)cc3)c2)c1. The standard InChI is InChI=1S/C29H27F2N7O/c1-32-25(24-27(33-2)37-26(36-24)19-12-29(13-19)7-8-29)28(39)34-14-17-9-18(11-22(31)10-17)20-15-35-38(16-20)23-5-3-21(30)4-6-23/h3-6,9-11,15-16,19H,2,7-8,12-14H2,1H3,(H,34,39)(H,36,37). The Morgan fingerprint density at radius 2 is 1.92 bits per heavy atom. The Kier molecular flexibility index (Phi) is 6.17. The van der Waals surface area contributed by atoms with Crippen LogP contribution in [0.15, 0.2) is 64.8 Å². The van der Waals surface area contributed by atoms with Crippen LogP contribution >= 0.6 is 0 Å². The number of amides is 1. The van der Waals surface area contributed by atoms with Crippen molar-refractivity contribution in [2.24, 2.45) is 15.4 Å². The van der Waals surface area contributed by atoms with Gasteiger partial charge >= 0.3 is 0 Å². The van der Waals surface area contributed by atoms with E-state index >= 15 is 0 Å². The molecule has 0 bridgehead atoms. The molecule has 0 aliphatic heterocycles. The zero-order chi connectivity index (χ0) is 27.1. The number of nitrogens with zero attached hydrogens (tertiary/aromatic N) is 5. The number of hydrogen-bond acceptors (Lipinski definition) is 5. The highest BCUT2D eigenvalue weighted by Gasteiger charge is 2.54.